The molecule has 0 radical (unpaired) electrons. The summed E-state index contributed by atoms with van der Waals surface area (Å²) in [5, 5.41) is 3.76. The van der Waals surface area contributed by atoms with E-state index in [4.69, 9.17) is 0 Å². The molecule has 0 aromatic carbocycles. The van der Waals surface area contributed by atoms with Gasteiger partial charge < -0.3 is 5.32 Å². The molecule has 2 aliphatic carbocycles. The van der Waals surface area contributed by atoms with Crippen LogP contribution >= 0.6 is 0 Å². The second-order valence-corrected chi connectivity index (χ2v) is 7.13. The molecule has 1 heteroatoms. The minimum Gasteiger partial charge on any atom is -0.314 e. The molecule has 2 bridgehead atoms. The van der Waals surface area contributed by atoms with Crippen LogP contribution in [-0.4, -0.2) is 12.6 Å². The molecule has 1 N–H and O–H groups in total. The van der Waals surface area contributed by atoms with Crippen LogP contribution in [0, 0.1) is 17.8 Å². The molecule has 4 atom stereocenters. The third-order valence-electron chi connectivity index (χ3n) is 5.62. The van der Waals surface area contributed by atoms with E-state index < -0.39 is 0 Å². The molecule has 0 aromatic rings. The van der Waals surface area contributed by atoms with Crippen molar-refractivity contribution >= 4 is 0 Å². The first-order valence-electron chi connectivity index (χ1n) is 9.06. The molecule has 0 aromatic heterocycles. The van der Waals surface area contributed by atoms with E-state index in [1.807, 2.05) is 0 Å². The van der Waals surface area contributed by atoms with Crippen LogP contribution in [0.4, 0.5) is 0 Å². The van der Waals surface area contributed by atoms with Crippen LogP contribution in [0.1, 0.15) is 84.5 Å². The molecule has 2 rings (SSSR count). The zero-order valence-electron chi connectivity index (χ0n) is 13.3. The monoisotopic (exact) mass is 265 g/mol. The highest BCUT2D eigenvalue weighted by Gasteiger charge is 2.39. The fraction of sp³-hybridized carbons (Fsp3) is 1.00. The minimum atomic E-state index is 0.816. The summed E-state index contributed by atoms with van der Waals surface area (Å²) in [6.07, 6.45) is 16.2. The van der Waals surface area contributed by atoms with Crippen LogP contribution in [-0.2, 0) is 0 Å². The first-order valence-corrected chi connectivity index (χ1v) is 9.06. The van der Waals surface area contributed by atoms with Gasteiger partial charge in [-0.2, -0.15) is 0 Å². The molecule has 19 heavy (non-hydrogen) atoms. The Kier molecular flexibility index (Phi) is 6.70. The Morgan fingerprint density at radius 1 is 1.00 bits per heavy atom. The summed E-state index contributed by atoms with van der Waals surface area (Å²) >= 11 is 0. The topological polar surface area (TPSA) is 12.0 Å². The van der Waals surface area contributed by atoms with E-state index in [-0.39, 0.29) is 0 Å². The van der Waals surface area contributed by atoms with Crippen molar-refractivity contribution in [1.82, 2.24) is 5.32 Å². The van der Waals surface area contributed by atoms with Crippen molar-refractivity contribution in [1.29, 1.82) is 0 Å². The molecule has 2 aliphatic rings. The average molecular weight is 265 g/mol. The standard InChI is InChI=1S/C18H35N/c1-3-5-6-7-8-9-18(19-4-2)14-17-13-15-10-11-16(17)12-15/h15-19H,3-14H2,1-2H3. The maximum atomic E-state index is 3.76. The SMILES string of the molecule is CCCCCCCC(CC1CC2CCC1C2)NCC. The van der Waals surface area contributed by atoms with Crippen LogP contribution in [0.2, 0.25) is 0 Å². The molecular formula is C18H35N. The number of unbranched alkanes of at least 4 members (excludes halogenated alkanes) is 4. The van der Waals surface area contributed by atoms with E-state index in [2.05, 4.69) is 19.2 Å². The zero-order chi connectivity index (χ0) is 13.5. The van der Waals surface area contributed by atoms with E-state index in [9.17, 15) is 0 Å². The smallest absolute Gasteiger partial charge is 0.00696 e. The molecule has 0 heterocycles. The van der Waals surface area contributed by atoms with Gasteiger partial charge in [-0.05, 0) is 56.4 Å². The van der Waals surface area contributed by atoms with Gasteiger partial charge in [-0.1, -0.05) is 52.4 Å². The van der Waals surface area contributed by atoms with Gasteiger partial charge in [0, 0.05) is 6.04 Å². The lowest BCUT2D eigenvalue weighted by atomic mass is 9.83. The van der Waals surface area contributed by atoms with Gasteiger partial charge in [0.05, 0.1) is 0 Å². The van der Waals surface area contributed by atoms with Gasteiger partial charge in [0.25, 0.3) is 0 Å². The fourth-order valence-corrected chi connectivity index (χ4v) is 4.62. The van der Waals surface area contributed by atoms with Gasteiger partial charge in [-0.15, -0.1) is 0 Å². The Balaban J connectivity index is 1.64. The van der Waals surface area contributed by atoms with Crippen molar-refractivity contribution in [3.63, 3.8) is 0 Å². The van der Waals surface area contributed by atoms with Crippen LogP contribution in [0.25, 0.3) is 0 Å². The zero-order valence-corrected chi connectivity index (χ0v) is 13.3. The number of rotatable bonds is 10. The van der Waals surface area contributed by atoms with Gasteiger partial charge in [-0.3, -0.25) is 0 Å². The van der Waals surface area contributed by atoms with Gasteiger partial charge >= 0.3 is 0 Å². The van der Waals surface area contributed by atoms with Crippen molar-refractivity contribution in [2.45, 2.75) is 90.5 Å². The third-order valence-corrected chi connectivity index (χ3v) is 5.62. The first kappa shape index (κ1) is 15.4. The lowest BCUT2D eigenvalue weighted by Crippen LogP contribution is -2.32. The summed E-state index contributed by atoms with van der Waals surface area (Å²) in [5.74, 6) is 3.28. The molecule has 112 valence electrons. The molecule has 2 fully saturated rings. The van der Waals surface area contributed by atoms with Crippen molar-refractivity contribution in [3.8, 4) is 0 Å². The lowest BCUT2D eigenvalue weighted by molar-refractivity contribution is 0.270. The third kappa shape index (κ3) is 4.77. The second-order valence-electron chi connectivity index (χ2n) is 7.13. The average Bonchev–Trinajstić information content (AvgIpc) is 3.01. The largest absolute Gasteiger partial charge is 0.314 e. The summed E-state index contributed by atoms with van der Waals surface area (Å²) in [4.78, 5) is 0. The van der Waals surface area contributed by atoms with E-state index in [1.54, 1.807) is 25.7 Å². The van der Waals surface area contributed by atoms with Crippen molar-refractivity contribution in [3.05, 3.63) is 0 Å². The summed E-state index contributed by atoms with van der Waals surface area (Å²) in [7, 11) is 0. The van der Waals surface area contributed by atoms with Gasteiger partial charge in [0.2, 0.25) is 0 Å². The Morgan fingerprint density at radius 3 is 2.47 bits per heavy atom. The summed E-state index contributed by atoms with van der Waals surface area (Å²) in [5.41, 5.74) is 0. The van der Waals surface area contributed by atoms with Gasteiger partial charge in [0.1, 0.15) is 0 Å². The minimum absolute atomic E-state index is 0.816. The van der Waals surface area contributed by atoms with Crippen LogP contribution < -0.4 is 5.32 Å². The van der Waals surface area contributed by atoms with Crippen LogP contribution in [0.15, 0.2) is 0 Å². The highest BCUT2D eigenvalue weighted by molar-refractivity contribution is 4.91. The second kappa shape index (κ2) is 8.29. The van der Waals surface area contributed by atoms with Crippen molar-refractivity contribution < 1.29 is 0 Å². The first-order chi connectivity index (χ1) is 9.33. The quantitative estimate of drug-likeness (QED) is 0.539. The fourth-order valence-electron chi connectivity index (χ4n) is 4.62. The van der Waals surface area contributed by atoms with Gasteiger partial charge in [-0.25, -0.2) is 0 Å². The Labute approximate surface area is 120 Å². The predicted molar refractivity (Wildman–Crippen MR) is 84.4 cm³/mol. The van der Waals surface area contributed by atoms with Gasteiger partial charge in [0.15, 0.2) is 0 Å². The van der Waals surface area contributed by atoms with Crippen molar-refractivity contribution in [2.75, 3.05) is 6.54 Å². The molecule has 0 spiro atoms. The van der Waals surface area contributed by atoms with Crippen molar-refractivity contribution in [2.24, 2.45) is 17.8 Å². The van der Waals surface area contributed by atoms with Crippen LogP contribution in [0.3, 0.4) is 0 Å². The summed E-state index contributed by atoms with van der Waals surface area (Å²) in [6.45, 7) is 5.72. The maximum Gasteiger partial charge on any atom is 0.00696 e. The molecule has 1 nitrogen and oxygen atoms in total. The highest BCUT2D eigenvalue weighted by atomic mass is 14.9. The predicted octanol–water partition coefficient (Wildman–Crippen LogP) is 5.15. The maximum absolute atomic E-state index is 3.76. The van der Waals surface area contributed by atoms with Crippen LogP contribution in [0.5, 0.6) is 0 Å². The molecular weight excluding hydrogens is 230 g/mol. The number of fused-ring (bicyclic) bond motifs is 2. The number of hydrogen-bond acceptors (Lipinski definition) is 1. The molecule has 0 aliphatic heterocycles. The van der Waals surface area contributed by atoms with E-state index >= 15 is 0 Å². The molecule has 0 saturated heterocycles. The molecule has 4 unspecified atom stereocenters. The Hall–Kier alpha value is -0.0400. The number of hydrogen-bond donors (Lipinski definition) is 1. The van der Waals surface area contributed by atoms with E-state index in [0.717, 1.165) is 30.3 Å². The molecule has 0 amide bonds. The van der Waals surface area contributed by atoms with E-state index in [1.165, 1.54) is 44.9 Å². The molecule has 2 saturated carbocycles. The Bertz CT molecular complexity index is 238. The highest BCUT2D eigenvalue weighted by Crippen LogP contribution is 2.50. The lowest BCUT2D eigenvalue weighted by Gasteiger charge is -2.27. The summed E-state index contributed by atoms with van der Waals surface area (Å²) in [6, 6.07) is 0.816. The Morgan fingerprint density at radius 2 is 1.84 bits per heavy atom. The number of nitrogens with one attached hydrogen (secondary N) is 1. The normalized spacial score (nSPS) is 30.9. The summed E-state index contributed by atoms with van der Waals surface area (Å²) < 4.78 is 0. The van der Waals surface area contributed by atoms with E-state index in [0.29, 0.717) is 0 Å².